The fourth-order valence-electron chi connectivity index (χ4n) is 7.51. The lowest BCUT2D eigenvalue weighted by Gasteiger charge is -2.27. The molecule has 6 rings (SSSR count). The number of hydrogen-bond donors (Lipinski definition) is 10. The van der Waals surface area contributed by atoms with Crippen LogP contribution in [0.1, 0.15) is 67.7 Å². The molecule has 6 amide bonds. The zero-order valence-corrected chi connectivity index (χ0v) is 33.4. The van der Waals surface area contributed by atoms with Crippen molar-refractivity contribution in [2.24, 2.45) is 5.73 Å². The van der Waals surface area contributed by atoms with Crippen LogP contribution in [0.4, 0.5) is 0 Å². The summed E-state index contributed by atoms with van der Waals surface area (Å²) in [5.41, 5.74) is 5.95. The van der Waals surface area contributed by atoms with E-state index in [1.54, 1.807) is 6.20 Å². The summed E-state index contributed by atoms with van der Waals surface area (Å²) >= 11 is 0. The minimum absolute atomic E-state index is 0.0265. The number of rotatable bonds is 10. The first kappa shape index (κ1) is 42.8. The molecule has 1 spiro atoms. The molecule has 11 N–H and O–H groups in total. The Kier molecular flexibility index (Phi) is 14.5. The monoisotopic (exact) mass is 819 g/mol. The van der Waals surface area contributed by atoms with Crippen molar-refractivity contribution >= 4 is 52.2 Å². The van der Waals surface area contributed by atoms with E-state index in [1.807, 2.05) is 72.8 Å². The number of amides is 6. The molecule has 1 saturated heterocycles. The number of nitrogens with two attached hydrogens (primary N) is 1. The predicted molar refractivity (Wildman–Crippen MR) is 224 cm³/mol. The number of aromatic amines is 1. The summed E-state index contributed by atoms with van der Waals surface area (Å²) < 4.78 is 0. The predicted octanol–water partition coefficient (Wildman–Crippen LogP) is 0.915. The summed E-state index contributed by atoms with van der Waals surface area (Å²) in [4.78, 5) is 90.3. The van der Waals surface area contributed by atoms with Crippen LogP contribution in [0.5, 0.6) is 0 Å². The van der Waals surface area contributed by atoms with E-state index in [1.165, 1.54) is 6.33 Å². The molecule has 1 saturated carbocycles. The van der Waals surface area contributed by atoms with E-state index in [4.69, 9.17) is 11.1 Å². The van der Waals surface area contributed by atoms with Gasteiger partial charge < -0.3 is 47.9 Å². The third kappa shape index (κ3) is 11.7. The molecule has 0 radical (unpaired) electrons. The van der Waals surface area contributed by atoms with Gasteiger partial charge in [-0.3, -0.25) is 34.2 Å². The average molecular weight is 820 g/mol. The number of carbonyl (C=O) groups is 6. The van der Waals surface area contributed by atoms with Crippen molar-refractivity contribution in [1.82, 2.24) is 47.2 Å². The fraction of sp³-hybridized carbons (Fsp3) is 0.395. The number of guanidine groups is 1. The molecule has 1 aliphatic heterocycles. The number of carbonyl (C=O) groups excluding carboxylic acids is 6. The van der Waals surface area contributed by atoms with E-state index in [-0.39, 0.29) is 56.9 Å². The van der Waals surface area contributed by atoms with Crippen molar-refractivity contribution in [2.45, 2.75) is 87.4 Å². The molecule has 60 heavy (non-hydrogen) atoms. The van der Waals surface area contributed by atoms with Gasteiger partial charge in [-0.2, -0.15) is 0 Å². The zero-order chi connectivity index (χ0) is 42.5. The molecule has 1 aliphatic carbocycles. The van der Waals surface area contributed by atoms with E-state index in [0.29, 0.717) is 38.0 Å². The highest BCUT2D eigenvalue weighted by atomic mass is 16.2. The van der Waals surface area contributed by atoms with Gasteiger partial charge in [0.05, 0.1) is 18.4 Å². The molecule has 2 heterocycles. The molecule has 1 unspecified atom stereocenters. The number of benzene rings is 3. The Balaban J connectivity index is 1.27. The normalized spacial score (nSPS) is 23.3. The van der Waals surface area contributed by atoms with Crippen molar-refractivity contribution in [1.29, 1.82) is 5.41 Å². The Labute approximate surface area is 347 Å². The fourth-order valence-corrected chi connectivity index (χ4v) is 7.51. The molecule has 3 aromatic carbocycles. The van der Waals surface area contributed by atoms with Crippen molar-refractivity contribution in [3.8, 4) is 0 Å². The van der Waals surface area contributed by atoms with Gasteiger partial charge >= 0.3 is 0 Å². The number of nitrogens with zero attached hydrogens (tertiary/aromatic N) is 1. The minimum atomic E-state index is -1.48. The number of H-pyrrole nitrogens is 1. The maximum absolute atomic E-state index is 14.5. The second kappa shape index (κ2) is 20.3. The quantitative estimate of drug-likeness (QED) is 0.0619. The number of fused-ring (bicyclic) bond motifs is 1. The standard InChI is InChI=1S/C43H53N11O6/c44-42(45)49-20-8-13-33-38(57)48-19-7-6-18-47-36(55)17-16-34(51-37(56)22-27-14-15-28-9-4-5-12-30(28)21-27)39(58)52-35(23-31-25-46-26-50-31)40(59)54-43(41(60)53-33)24-32(43)29-10-2-1-3-11-29/h1-5,9-12,14-15,21,25-26,32-35H,6-8,13,16-20,22-24H2,(H,46,50)(H,47,55)(H,48,57)(H,51,56)(H,52,58)(H,53,60)(H,54,59)(H4,44,45,49)/t32-,33+,34+,35+,43?/m1/s1. The number of aromatic nitrogens is 2. The van der Waals surface area contributed by atoms with Gasteiger partial charge in [-0.25, -0.2) is 4.98 Å². The second-order valence-corrected chi connectivity index (χ2v) is 15.3. The SMILES string of the molecule is N=C(N)NCCC[C@@H]1NC(=O)C2(C[C@@H]2c2ccccc2)NC(=O)[C@H](Cc2c[nH]cn2)NC(=O)[C@@H](NC(=O)Cc2ccc3ccccc3c2)CCC(=O)NCCCCNC1=O. The summed E-state index contributed by atoms with van der Waals surface area (Å²) in [5, 5.41) is 29.3. The van der Waals surface area contributed by atoms with Gasteiger partial charge in [-0.05, 0) is 60.4 Å². The van der Waals surface area contributed by atoms with E-state index in [2.05, 4.69) is 47.2 Å². The first-order chi connectivity index (χ1) is 29.0. The van der Waals surface area contributed by atoms with E-state index < -0.39 is 59.1 Å². The Bertz CT molecular complexity index is 2160. The highest BCUT2D eigenvalue weighted by molar-refractivity contribution is 6.00. The maximum Gasteiger partial charge on any atom is 0.247 e. The Hall–Kier alpha value is -6.78. The summed E-state index contributed by atoms with van der Waals surface area (Å²) in [7, 11) is 0. The number of nitrogens with one attached hydrogen (secondary N) is 9. The van der Waals surface area contributed by atoms with Gasteiger partial charge in [0, 0.05) is 44.6 Å². The van der Waals surface area contributed by atoms with E-state index >= 15 is 0 Å². The summed E-state index contributed by atoms with van der Waals surface area (Å²) in [6, 6.07) is 19.2. The molecule has 4 aromatic rings. The van der Waals surface area contributed by atoms with Gasteiger partial charge in [-0.15, -0.1) is 0 Å². The molecule has 5 atom stereocenters. The van der Waals surface area contributed by atoms with Crippen LogP contribution in [0.15, 0.2) is 85.3 Å². The summed E-state index contributed by atoms with van der Waals surface area (Å²) in [6.07, 6.45) is 4.67. The van der Waals surface area contributed by atoms with Crippen LogP contribution in [0.2, 0.25) is 0 Å². The van der Waals surface area contributed by atoms with Crippen LogP contribution in [0.25, 0.3) is 10.8 Å². The van der Waals surface area contributed by atoms with Crippen LogP contribution in [0, 0.1) is 5.41 Å². The Morgan fingerprint density at radius 1 is 0.867 bits per heavy atom. The van der Waals surface area contributed by atoms with Crippen molar-refractivity contribution in [3.05, 3.63) is 102 Å². The van der Waals surface area contributed by atoms with Gasteiger partial charge in [0.2, 0.25) is 35.4 Å². The number of hydrogen-bond acceptors (Lipinski definition) is 8. The first-order valence-electron chi connectivity index (χ1n) is 20.4. The molecular weight excluding hydrogens is 767 g/mol. The molecule has 316 valence electrons. The molecule has 2 fully saturated rings. The minimum Gasteiger partial charge on any atom is -0.370 e. The largest absolute Gasteiger partial charge is 0.370 e. The molecule has 0 bridgehead atoms. The maximum atomic E-state index is 14.5. The number of imidazole rings is 1. The average Bonchev–Trinajstić information content (AvgIpc) is 3.73. The lowest BCUT2D eigenvalue weighted by Crippen LogP contribution is -2.60. The molecular formula is C43H53N11O6. The third-order valence-electron chi connectivity index (χ3n) is 10.8. The topological polar surface area (TPSA) is 265 Å². The lowest BCUT2D eigenvalue weighted by atomic mass is 10.0. The molecule has 17 heteroatoms. The third-order valence-corrected chi connectivity index (χ3v) is 10.8. The van der Waals surface area contributed by atoms with Crippen LogP contribution in [0.3, 0.4) is 0 Å². The van der Waals surface area contributed by atoms with E-state index in [9.17, 15) is 28.8 Å². The van der Waals surface area contributed by atoms with Crippen molar-refractivity contribution < 1.29 is 28.8 Å². The van der Waals surface area contributed by atoms with Gasteiger partial charge in [0.1, 0.15) is 23.7 Å². The molecule has 17 nitrogen and oxygen atoms in total. The van der Waals surface area contributed by atoms with Crippen LogP contribution < -0.4 is 43.0 Å². The summed E-state index contributed by atoms with van der Waals surface area (Å²) in [6.45, 7) is 0.885. The van der Waals surface area contributed by atoms with Crippen molar-refractivity contribution in [3.63, 3.8) is 0 Å². The van der Waals surface area contributed by atoms with Crippen LogP contribution in [-0.4, -0.2) is 94.7 Å². The Morgan fingerprint density at radius 3 is 2.37 bits per heavy atom. The van der Waals surface area contributed by atoms with Crippen LogP contribution >= 0.6 is 0 Å². The summed E-state index contributed by atoms with van der Waals surface area (Å²) in [5.74, 6) is -3.79. The van der Waals surface area contributed by atoms with Gasteiger partial charge in [-0.1, -0.05) is 72.8 Å². The second-order valence-electron chi connectivity index (χ2n) is 15.3. The van der Waals surface area contributed by atoms with Gasteiger partial charge in [0.25, 0.3) is 0 Å². The Morgan fingerprint density at radius 2 is 1.62 bits per heavy atom. The highest BCUT2D eigenvalue weighted by Gasteiger charge is 2.62. The molecule has 2 aliphatic rings. The molecule has 1 aromatic heterocycles. The van der Waals surface area contributed by atoms with E-state index in [0.717, 1.165) is 21.9 Å². The zero-order valence-electron chi connectivity index (χ0n) is 33.4. The first-order valence-corrected chi connectivity index (χ1v) is 20.4. The smallest absolute Gasteiger partial charge is 0.247 e. The van der Waals surface area contributed by atoms with Crippen molar-refractivity contribution in [2.75, 3.05) is 19.6 Å². The van der Waals surface area contributed by atoms with Crippen LogP contribution in [-0.2, 0) is 41.6 Å². The van der Waals surface area contributed by atoms with Gasteiger partial charge in [0.15, 0.2) is 5.96 Å². The lowest BCUT2D eigenvalue weighted by molar-refractivity contribution is -0.135. The highest BCUT2D eigenvalue weighted by Crippen LogP contribution is 2.52.